The average molecular weight is 257 g/mol. The Labute approximate surface area is 111 Å². The van der Waals surface area contributed by atoms with E-state index in [0.29, 0.717) is 12.2 Å². The molecule has 0 aliphatic carbocycles. The molecule has 0 saturated carbocycles. The van der Waals surface area contributed by atoms with Crippen LogP contribution in [0.1, 0.15) is 21.6 Å². The zero-order valence-electron chi connectivity index (χ0n) is 10.4. The van der Waals surface area contributed by atoms with Crippen molar-refractivity contribution in [2.24, 2.45) is 0 Å². The lowest BCUT2D eigenvalue weighted by Gasteiger charge is -2.06. The highest BCUT2D eigenvalue weighted by atomic mass is 16.4. The van der Waals surface area contributed by atoms with Gasteiger partial charge in [0.2, 0.25) is 0 Å². The summed E-state index contributed by atoms with van der Waals surface area (Å²) in [4.78, 5) is 19.0. The third kappa shape index (κ3) is 3.86. The van der Waals surface area contributed by atoms with Crippen molar-refractivity contribution in [2.45, 2.75) is 13.0 Å². The van der Waals surface area contributed by atoms with Gasteiger partial charge in [-0.3, -0.25) is 9.97 Å². The van der Waals surface area contributed by atoms with Gasteiger partial charge in [-0.1, -0.05) is 0 Å². The second-order valence-electron chi connectivity index (χ2n) is 4.09. The van der Waals surface area contributed by atoms with Gasteiger partial charge in [0.05, 0.1) is 11.3 Å². The highest BCUT2D eigenvalue weighted by Gasteiger charge is 2.09. The summed E-state index contributed by atoms with van der Waals surface area (Å²) < 4.78 is 0. The van der Waals surface area contributed by atoms with E-state index in [-0.39, 0.29) is 5.56 Å². The Balaban J connectivity index is 1.85. The number of carboxylic acids is 1. The maximum absolute atomic E-state index is 11.0. The molecular formula is C14H15N3O2. The van der Waals surface area contributed by atoms with Crippen LogP contribution in [0.4, 0.5) is 0 Å². The molecule has 0 radical (unpaired) electrons. The van der Waals surface area contributed by atoms with Crippen LogP contribution < -0.4 is 5.32 Å². The van der Waals surface area contributed by atoms with E-state index in [1.807, 2.05) is 12.1 Å². The number of rotatable bonds is 6. The van der Waals surface area contributed by atoms with Gasteiger partial charge in [-0.25, -0.2) is 4.79 Å². The first-order valence-electron chi connectivity index (χ1n) is 6.04. The van der Waals surface area contributed by atoms with Gasteiger partial charge in [-0.05, 0) is 42.8 Å². The average Bonchev–Trinajstić information content (AvgIpc) is 2.45. The number of pyridine rings is 2. The summed E-state index contributed by atoms with van der Waals surface area (Å²) >= 11 is 0. The molecule has 0 spiro atoms. The van der Waals surface area contributed by atoms with Crippen LogP contribution in [0.5, 0.6) is 0 Å². The molecule has 0 bridgehead atoms. The van der Waals surface area contributed by atoms with E-state index >= 15 is 0 Å². The van der Waals surface area contributed by atoms with Crippen molar-refractivity contribution >= 4 is 5.97 Å². The summed E-state index contributed by atoms with van der Waals surface area (Å²) in [7, 11) is 0. The Kier molecular flexibility index (Phi) is 4.58. The fourth-order valence-electron chi connectivity index (χ4n) is 1.76. The van der Waals surface area contributed by atoms with Crippen molar-refractivity contribution in [3.05, 3.63) is 59.7 Å². The monoisotopic (exact) mass is 257 g/mol. The van der Waals surface area contributed by atoms with Crippen molar-refractivity contribution in [1.29, 1.82) is 0 Å². The van der Waals surface area contributed by atoms with Gasteiger partial charge in [0.15, 0.2) is 0 Å². The number of hydrogen-bond donors (Lipinski definition) is 2. The molecular weight excluding hydrogens is 242 g/mol. The number of aromatic nitrogens is 2. The van der Waals surface area contributed by atoms with Gasteiger partial charge in [0.1, 0.15) is 0 Å². The topological polar surface area (TPSA) is 75.1 Å². The molecule has 0 aliphatic heterocycles. The van der Waals surface area contributed by atoms with E-state index in [9.17, 15) is 4.79 Å². The fraction of sp³-hybridized carbons (Fsp3) is 0.214. The lowest BCUT2D eigenvalue weighted by molar-refractivity contribution is 0.0695. The summed E-state index contributed by atoms with van der Waals surface area (Å²) in [5.74, 6) is -0.945. The van der Waals surface area contributed by atoms with Crippen LogP contribution in [0.15, 0.2) is 42.9 Å². The highest BCUT2D eigenvalue weighted by Crippen LogP contribution is 2.05. The molecule has 19 heavy (non-hydrogen) atoms. The minimum Gasteiger partial charge on any atom is -0.478 e. The zero-order valence-corrected chi connectivity index (χ0v) is 10.4. The number of carboxylic acid groups (broad SMARTS) is 1. The van der Waals surface area contributed by atoms with Crippen LogP contribution in [0.25, 0.3) is 0 Å². The molecule has 0 atom stereocenters. The second kappa shape index (κ2) is 6.61. The standard InChI is InChI=1S/C14H15N3O2/c18-14(19)12-2-1-6-17-13(12)10-16-9-5-11-3-7-15-8-4-11/h1-4,6-8,16H,5,9-10H2,(H,18,19). The van der Waals surface area contributed by atoms with Gasteiger partial charge in [-0.15, -0.1) is 0 Å². The van der Waals surface area contributed by atoms with Crippen LogP contribution in [0.2, 0.25) is 0 Å². The van der Waals surface area contributed by atoms with Gasteiger partial charge in [0.25, 0.3) is 0 Å². The van der Waals surface area contributed by atoms with Crippen molar-refractivity contribution < 1.29 is 9.90 Å². The van der Waals surface area contributed by atoms with E-state index < -0.39 is 5.97 Å². The van der Waals surface area contributed by atoms with Crippen LogP contribution in [0, 0.1) is 0 Å². The largest absolute Gasteiger partial charge is 0.478 e. The molecule has 2 aromatic heterocycles. The number of nitrogens with zero attached hydrogens (tertiary/aromatic N) is 2. The Bertz CT molecular complexity index is 543. The van der Waals surface area contributed by atoms with Gasteiger partial charge in [-0.2, -0.15) is 0 Å². The van der Waals surface area contributed by atoms with Gasteiger partial charge >= 0.3 is 5.97 Å². The molecule has 2 N–H and O–H groups in total. The number of aromatic carboxylic acids is 1. The Morgan fingerprint density at radius 3 is 2.74 bits per heavy atom. The van der Waals surface area contributed by atoms with Crippen LogP contribution in [-0.4, -0.2) is 27.6 Å². The second-order valence-corrected chi connectivity index (χ2v) is 4.09. The summed E-state index contributed by atoms with van der Waals surface area (Å²) in [6.45, 7) is 1.22. The molecule has 0 fully saturated rings. The molecule has 2 heterocycles. The smallest absolute Gasteiger partial charge is 0.337 e. The maximum Gasteiger partial charge on any atom is 0.337 e. The third-order valence-corrected chi connectivity index (χ3v) is 2.75. The highest BCUT2D eigenvalue weighted by molar-refractivity contribution is 5.88. The predicted molar refractivity (Wildman–Crippen MR) is 70.8 cm³/mol. The van der Waals surface area contributed by atoms with Gasteiger partial charge in [0, 0.05) is 25.1 Å². The molecule has 0 aromatic carbocycles. The first-order chi connectivity index (χ1) is 9.27. The molecule has 5 heteroatoms. The van der Waals surface area contributed by atoms with Crippen LogP contribution in [0.3, 0.4) is 0 Å². The lowest BCUT2D eigenvalue weighted by atomic mass is 10.2. The van der Waals surface area contributed by atoms with E-state index in [1.54, 1.807) is 30.7 Å². The van der Waals surface area contributed by atoms with E-state index in [4.69, 9.17) is 5.11 Å². The molecule has 2 aromatic rings. The van der Waals surface area contributed by atoms with E-state index in [0.717, 1.165) is 13.0 Å². The van der Waals surface area contributed by atoms with Gasteiger partial charge < -0.3 is 10.4 Å². The molecule has 5 nitrogen and oxygen atoms in total. The quantitative estimate of drug-likeness (QED) is 0.767. The summed E-state index contributed by atoms with van der Waals surface area (Å²) in [6, 6.07) is 7.12. The van der Waals surface area contributed by atoms with E-state index in [1.165, 1.54) is 5.56 Å². The number of carbonyl (C=O) groups is 1. The Morgan fingerprint density at radius 1 is 1.21 bits per heavy atom. The predicted octanol–water partition coefficient (Wildman–Crippen LogP) is 1.51. The normalized spacial score (nSPS) is 10.3. The van der Waals surface area contributed by atoms with Crippen molar-refractivity contribution in [3.8, 4) is 0 Å². The SMILES string of the molecule is O=C(O)c1cccnc1CNCCc1ccncc1. The van der Waals surface area contributed by atoms with Crippen LogP contribution >= 0.6 is 0 Å². The van der Waals surface area contributed by atoms with Crippen molar-refractivity contribution in [1.82, 2.24) is 15.3 Å². The molecule has 2 rings (SSSR count). The summed E-state index contributed by atoms with van der Waals surface area (Å²) in [5.41, 5.74) is 2.01. The Morgan fingerprint density at radius 2 is 2.00 bits per heavy atom. The molecule has 0 saturated heterocycles. The molecule has 0 amide bonds. The summed E-state index contributed by atoms with van der Waals surface area (Å²) in [6.07, 6.45) is 6.00. The van der Waals surface area contributed by atoms with Crippen molar-refractivity contribution in [2.75, 3.05) is 6.54 Å². The minimum atomic E-state index is -0.945. The molecule has 98 valence electrons. The number of nitrogens with one attached hydrogen (secondary N) is 1. The maximum atomic E-state index is 11.0. The number of hydrogen-bond acceptors (Lipinski definition) is 4. The lowest BCUT2D eigenvalue weighted by Crippen LogP contribution is -2.19. The van der Waals surface area contributed by atoms with Crippen molar-refractivity contribution in [3.63, 3.8) is 0 Å². The molecule has 0 unspecified atom stereocenters. The molecule has 0 aliphatic rings. The third-order valence-electron chi connectivity index (χ3n) is 2.75. The van der Waals surface area contributed by atoms with Crippen LogP contribution in [-0.2, 0) is 13.0 Å². The van der Waals surface area contributed by atoms with E-state index in [2.05, 4.69) is 15.3 Å². The zero-order chi connectivity index (χ0) is 13.5. The fourth-order valence-corrected chi connectivity index (χ4v) is 1.76. The first-order valence-corrected chi connectivity index (χ1v) is 6.04. The Hall–Kier alpha value is -2.27. The minimum absolute atomic E-state index is 0.249. The summed E-state index contributed by atoms with van der Waals surface area (Å²) in [5, 5.41) is 12.2. The first kappa shape index (κ1) is 13.2.